The zero-order chi connectivity index (χ0) is 15.1. The SMILES string of the molecule is COC(=O)c1c(-n2c(C)ccc2C)sc2c1CCC(C)C2. The van der Waals surface area contributed by atoms with Crippen LogP contribution in [0.15, 0.2) is 12.1 Å². The van der Waals surface area contributed by atoms with Crippen molar-refractivity contribution in [1.29, 1.82) is 0 Å². The molecule has 2 aromatic heterocycles. The largest absolute Gasteiger partial charge is 0.465 e. The molecule has 1 atom stereocenters. The number of hydrogen-bond donors (Lipinski definition) is 0. The van der Waals surface area contributed by atoms with Crippen LogP contribution in [0.25, 0.3) is 5.00 Å². The van der Waals surface area contributed by atoms with Gasteiger partial charge >= 0.3 is 5.97 Å². The van der Waals surface area contributed by atoms with Gasteiger partial charge in [0.25, 0.3) is 0 Å². The Hall–Kier alpha value is -1.55. The van der Waals surface area contributed by atoms with E-state index in [-0.39, 0.29) is 5.97 Å². The lowest BCUT2D eigenvalue weighted by molar-refractivity contribution is 0.0599. The van der Waals surface area contributed by atoms with Crippen molar-refractivity contribution in [1.82, 2.24) is 4.57 Å². The summed E-state index contributed by atoms with van der Waals surface area (Å²) in [5, 5.41) is 1.03. The summed E-state index contributed by atoms with van der Waals surface area (Å²) in [6.45, 7) is 6.44. The average molecular weight is 303 g/mol. The summed E-state index contributed by atoms with van der Waals surface area (Å²) in [4.78, 5) is 13.7. The number of methoxy groups -OCH3 is 1. The summed E-state index contributed by atoms with van der Waals surface area (Å²) < 4.78 is 7.24. The van der Waals surface area contributed by atoms with Crippen molar-refractivity contribution in [3.05, 3.63) is 39.5 Å². The Kier molecular flexibility index (Phi) is 3.66. The van der Waals surface area contributed by atoms with E-state index in [0.29, 0.717) is 5.92 Å². The Morgan fingerprint density at radius 3 is 2.62 bits per heavy atom. The fraction of sp³-hybridized carbons (Fsp3) is 0.471. The molecule has 0 saturated carbocycles. The molecule has 0 aliphatic heterocycles. The molecule has 0 spiro atoms. The van der Waals surface area contributed by atoms with Crippen molar-refractivity contribution in [3.63, 3.8) is 0 Å². The number of nitrogens with zero attached hydrogens (tertiary/aromatic N) is 1. The summed E-state index contributed by atoms with van der Waals surface area (Å²) in [6.07, 6.45) is 3.21. The van der Waals surface area contributed by atoms with Crippen molar-refractivity contribution in [2.75, 3.05) is 7.11 Å². The van der Waals surface area contributed by atoms with Gasteiger partial charge in [-0.1, -0.05) is 6.92 Å². The highest BCUT2D eigenvalue weighted by Gasteiger charge is 2.29. The Morgan fingerprint density at radius 1 is 1.33 bits per heavy atom. The predicted octanol–water partition coefficient (Wildman–Crippen LogP) is 4.07. The Morgan fingerprint density at radius 2 is 2.00 bits per heavy atom. The van der Waals surface area contributed by atoms with Gasteiger partial charge < -0.3 is 9.30 Å². The minimum absolute atomic E-state index is 0.204. The number of hydrogen-bond acceptors (Lipinski definition) is 3. The van der Waals surface area contributed by atoms with Crippen LogP contribution in [0.1, 0.15) is 45.5 Å². The van der Waals surface area contributed by atoms with Crippen LogP contribution in [0.3, 0.4) is 0 Å². The lowest BCUT2D eigenvalue weighted by Gasteiger charge is -2.18. The smallest absolute Gasteiger partial charge is 0.341 e. The molecule has 1 unspecified atom stereocenters. The fourth-order valence-electron chi connectivity index (χ4n) is 3.20. The van der Waals surface area contributed by atoms with E-state index in [0.717, 1.165) is 41.2 Å². The van der Waals surface area contributed by atoms with Gasteiger partial charge in [0.2, 0.25) is 0 Å². The Labute approximate surface area is 129 Å². The number of thiophene rings is 1. The maximum atomic E-state index is 12.3. The number of fused-ring (bicyclic) bond motifs is 1. The zero-order valence-corrected chi connectivity index (χ0v) is 13.8. The van der Waals surface area contributed by atoms with E-state index in [1.165, 1.54) is 17.6 Å². The molecule has 0 saturated heterocycles. The van der Waals surface area contributed by atoms with E-state index >= 15 is 0 Å². The summed E-state index contributed by atoms with van der Waals surface area (Å²) in [6, 6.07) is 4.19. The number of aryl methyl sites for hydroxylation is 2. The molecular weight excluding hydrogens is 282 g/mol. The van der Waals surface area contributed by atoms with Crippen LogP contribution < -0.4 is 0 Å². The third-order valence-corrected chi connectivity index (χ3v) is 5.60. The summed E-state index contributed by atoms with van der Waals surface area (Å²) in [5.41, 5.74) is 4.31. The highest BCUT2D eigenvalue weighted by molar-refractivity contribution is 7.15. The van der Waals surface area contributed by atoms with Crippen molar-refractivity contribution in [2.24, 2.45) is 5.92 Å². The van der Waals surface area contributed by atoms with Crippen molar-refractivity contribution in [2.45, 2.75) is 40.0 Å². The van der Waals surface area contributed by atoms with E-state index in [2.05, 4.69) is 37.5 Å². The molecule has 4 heteroatoms. The standard InChI is InChI=1S/C17H21NO2S/c1-10-5-8-13-14(9-10)21-16(15(13)17(19)20-4)18-11(2)6-7-12(18)3/h6-7,10H,5,8-9H2,1-4H3. The normalized spacial score (nSPS) is 17.6. The van der Waals surface area contributed by atoms with Gasteiger partial charge in [-0.15, -0.1) is 11.3 Å². The van der Waals surface area contributed by atoms with Gasteiger partial charge in [0.05, 0.1) is 12.7 Å². The number of aromatic nitrogens is 1. The highest BCUT2D eigenvalue weighted by atomic mass is 32.1. The zero-order valence-electron chi connectivity index (χ0n) is 13.0. The summed E-state index contributed by atoms with van der Waals surface area (Å²) >= 11 is 1.76. The number of esters is 1. The minimum atomic E-state index is -0.204. The topological polar surface area (TPSA) is 31.2 Å². The number of ether oxygens (including phenoxy) is 1. The van der Waals surface area contributed by atoms with E-state index in [1.807, 2.05) is 0 Å². The van der Waals surface area contributed by atoms with Crippen LogP contribution >= 0.6 is 11.3 Å². The molecule has 0 amide bonds. The molecule has 112 valence electrons. The van der Waals surface area contributed by atoms with Crippen molar-refractivity contribution < 1.29 is 9.53 Å². The first kappa shape index (κ1) is 14.4. The van der Waals surface area contributed by atoms with E-state index in [9.17, 15) is 4.79 Å². The van der Waals surface area contributed by atoms with Gasteiger partial charge in [-0.25, -0.2) is 4.79 Å². The van der Waals surface area contributed by atoms with Crippen LogP contribution in [0, 0.1) is 19.8 Å². The molecule has 21 heavy (non-hydrogen) atoms. The second-order valence-electron chi connectivity index (χ2n) is 5.98. The van der Waals surface area contributed by atoms with Gasteiger partial charge in [0.15, 0.2) is 0 Å². The van der Waals surface area contributed by atoms with Gasteiger partial charge in [0, 0.05) is 16.3 Å². The molecule has 3 nitrogen and oxygen atoms in total. The molecule has 0 N–H and O–H groups in total. The van der Waals surface area contributed by atoms with Crippen LogP contribution in [-0.4, -0.2) is 17.6 Å². The van der Waals surface area contributed by atoms with Crippen LogP contribution in [-0.2, 0) is 17.6 Å². The molecule has 0 radical (unpaired) electrons. The first-order valence-electron chi connectivity index (χ1n) is 7.41. The third-order valence-electron chi connectivity index (χ3n) is 4.36. The molecule has 0 aromatic carbocycles. The lowest BCUT2D eigenvalue weighted by Crippen LogP contribution is -2.14. The Balaban J connectivity index is 2.23. The molecule has 1 aliphatic rings. The molecule has 0 bridgehead atoms. The summed E-state index contributed by atoms with van der Waals surface area (Å²) in [7, 11) is 1.47. The molecule has 0 fully saturated rings. The maximum absolute atomic E-state index is 12.3. The minimum Gasteiger partial charge on any atom is -0.465 e. The molecule has 2 aromatic rings. The first-order valence-corrected chi connectivity index (χ1v) is 8.22. The van der Waals surface area contributed by atoms with Crippen LogP contribution in [0.2, 0.25) is 0 Å². The van der Waals surface area contributed by atoms with Crippen molar-refractivity contribution >= 4 is 17.3 Å². The highest BCUT2D eigenvalue weighted by Crippen LogP contribution is 2.39. The van der Waals surface area contributed by atoms with Crippen molar-refractivity contribution in [3.8, 4) is 5.00 Å². The van der Waals surface area contributed by atoms with E-state index in [4.69, 9.17) is 4.74 Å². The molecule has 3 rings (SSSR count). The second kappa shape index (κ2) is 5.34. The number of rotatable bonds is 2. The van der Waals surface area contributed by atoms with Gasteiger partial charge in [0.1, 0.15) is 5.00 Å². The van der Waals surface area contributed by atoms with E-state index in [1.54, 1.807) is 11.3 Å². The number of carbonyl (C=O) groups is 1. The second-order valence-corrected chi connectivity index (χ2v) is 7.06. The predicted molar refractivity (Wildman–Crippen MR) is 85.6 cm³/mol. The summed E-state index contributed by atoms with van der Waals surface area (Å²) in [5.74, 6) is 0.492. The number of carbonyl (C=O) groups excluding carboxylic acids is 1. The van der Waals surface area contributed by atoms with Crippen LogP contribution in [0.4, 0.5) is 0 Å². The van der Waals surface area contributed by atoms with Crippen LogP contribution in [0.5, 0.6) is 0 Å². The molecule has 1 aliphatic carbocycles. The lowest BCUT2D eigenvalue weighted by atomic mass is 9.88. The Bertz CT molecular complexity index is 676. The van der Waals surface area contributed by atoms with Gasteiger partial charge in [-0.2, -0.15) is 0 Å². The average Bonchev–Trinajstić information content (AvgIpc) is 2.97. The van der Waals surface area contributed by atoms with E-state index < -0.39 is 0 Å². The maximum Gasteiger partial charge on any atom is 0.341 e. The molecular formula is C17H21NO2S. The third kappa shape index (κ3) is 2.31. The molecule has 2 heterocycles. The monoisotopic (exact) mass is 303 g/mol. The first-order chi connectivity index (χ1) is 10.0. The fourth-order valence-corrected chi connectivity index (χ4v) is 4.81. The van der Waals surface area contributed by atoms with Gasteiger partial charge in [-0.05, 0) is 56.7 Å². The quantitative estimate of drug-likeness (QED) is 0.783. The van der Waals surface area contributed by atoms with Gasteiger partial charge in [-0.3, -0.25) is 0 Å².